The molecule has 0 N–H and O–H groups in total. The van der Waals surface area contributed by atoms with Gasteiger partial charge in [0.25, 0.3) is 0 Å². The number of anilines is 1. The minimum Gasteiger partial charge on any atom is -0.274 e. The summed E-state index contributed by atoms with van der Waals surface area (Å²) in [6.45, 7) is 0. The smallest absolute Gasteiger partial charge is 0.238 e. The summed E-state index contributed by atoms with van der Waals surface area (Å²) < 4.78 is 0.792. The minimum absolute atomic E-state index is 0.0223. The summed E-state index contributed by atoms with van der Waals surface area (Å²) in [6, 6.07) is 7.43. The number of allylic oxidation sites excluding steroid dienone is 2. The lowest BCUT2D eigenvalue weighted by atomic mass is 9.63. The highest BCUT2D eigenvalue weighted by Crippen LogP contribution is 2.50. The molecule has 1 heterocycles. The molecule has 1 aromatic rings. The van der Waals surface area contributed by atoms with Crippen LogP contribution in [0.25, 0.3) is 0 Å². The van der Waals surface area contributed by atoms with Crippen LogP contribution in [0.4, 0.5) is 5.69 Å². The van der Waals surface area contributed by atoms with Crippen LogP contribution in [0.5, 0.6) is 0 Å². The van der Waals surface area contributed by atoms with Crippen molar-refractivity contribution in [3.05, 3.63) is 40.9 Å². The van der Waals surface area contributed by atoms with E-state index in [2.05, 4.69) is 28.1 Å². The van der Waals surface area contributed by atoms with Gasteiger partial charge in [0.1, 0.15) is 0 Å². The van der Waals surface area contributed by atoms with E-state index < -0.39 is 0 Å². The maximum Gasteiger partial charge on any atom is 0.238 e. The lowest BCUT2D eigenvalue weighted by Gasteiger charge is -2.38. The SMILES string of the molecule is O=C1[C@H]2[C@H](C(=O)N1c1ccccc1Br)[C@H]1C=C[C@H]2CC1. The molecule has 4 aliphatic rings. The Hall–Kier alpha value is -1.42. The second-order valence-electron chi connectivity index (χ2n) is 5.80. The van der Waals surface area contributed by atoms with Gasteiger partial charge in [-0.1, -0.05) is 24.3 Å². The van der Waals surface area contributed by atoms with E-state index in [1.54, 1.807) is 0 Å². The van der Waals surface area contributed by atoms with Crippen molar-refractivity contribution in [1.82, 2.24) is 0 Å². The summed E-state index contributed by atoms with van der Waals surface area (Å²) >= 11 is 3.44. The third-order valence-corrected chi connectivity index (χ3v) is 5.52. The number of hydrogen-bond donors (Lipinski definition) is 0. The number of carbonyl (C=O) groups excluding carboxylic acids is 2. The van der Waals surface area contributed by atoms with Crippen LogP contribution < -0.4 is 4.90 Å². The van der Waals surface area contributed by atoms with Gasteiger partial charge in [-0.15, -0.1) is 0 Å². The van der Waals surface area contributed by atoms with Gasteiger partial charge in [-0.05, 0) is 52.7 Å². The molecule has 1 aliphatic heterocycles. The van der Waals surface area contributed by atoms with Crippen molar-refractivity contribution in [2.75, 3.05) is 4.90 Å². The molecule has 0 aromatic heterocycles. The van der Waals surface area contributed by atoms with Crippen LogP contribution in [0.15, 0.2) is 40.9 Å². The summed E-state index contributed by atoms with van der Waals surface area (Å²) in [5, 5.41) is 0. The Morgan fingerprint density at radius 2 is 1.50 bits per heavy atom. The average molecular weight is 332 g/mol. The largest absolute Gasteiger partial charge is 0.274 e. The van der Waals surface area contributed by atoms with Crippen molar-refractivity contribution in [2.24, 2.45) is 23.7 Å². The zero-order chi connectivity index (χ0) is 13.9. The summed E-state index contributed by atoms with van der Waals surface area (Å²) in [5.74, 6) is 0.163. The minimum atomic E-state index is -0.140. The molecule has 4 atom stereocenters. The Bertz CT molecular complexity index is 607. The molecule has 0 unspecified atom stereocenters. The van der Waals surface area contributed by atoms with Gasteiger partial charge in [-0.25, -0.2) is 4.90 Å². The fourth-order valence-corrected chi connectivity index (χ4v) is 4.41. The lowest BCUT2D eigenvalue weighted by molar-refractivity contribution is -0.124. The van der Waals surface area contributed by atoms with Gasteiger partial charge in [0.2, 0.25) is 11.8 Å². The third-order valence-electron chi connectivity index (χ3n) is 4.85. The third kappa shape index (κ3) is 1.51. The Kier molecular flexibility index (Phi) is 2.64. The summed E-state index contributed by atoms with van der Waals surface area (Å²) in [7, 11) is 0. The second kappa shape index (κ2) is 4.29. The number of carbonyl (C=O) groups is 2. The number of halogens is 1. The Morgan fingerprint density at radius 3 is 2.00 bits per heavy atom. The fraction of sp³-hybridized carbons (Fsp3) is 0.375. The number of fused-ring (bicyclic) bond motifs is 1. The average Bonchev–Trinajstić information content (AvgIpc) is 2.75. The molecule has 0 spiro atoms. The van der Waals surface area contributed by atoms with Crippen LogP contribution in [0, 0.1) is 23.7 Å². The first kappa shape index (κ1) is 12.3. The van der Waals surface area contributed by atoms with E-state index in [4.69, 9.17) is 0 Å². The monoisotopic (exact) mass is 331 g/mol. The molecule has 3 aliphatic carbocycles. The van der Waals surface area contributed by atoms with Gasteiger partial charge in [-0.3, -0.25) is 9.59 Å². The maximum atomic E-state index is 12.7. The molecule has 2 bridgehead atoms. The van der Waals surface area contributed by atoms with Gasteiger partial charge in [0.15, 0.2) is 0 Å². The molecule has 0 radical (unpaired) electrons. The zero-order valence-corrected chi connectivity index (χ0v) is 12.4. The standard InChI is InChI=1S/C16H14BrNO2/c17-11-3-1-2-4-12(11)18-15(19)13-9-5-6-10(8-7-9)14(13)16(18)20/h1-6,9-10,13-14H,7-8H2/t9-,10-,13+,14+/m0/s1. The quantitative estimate of drug-likeness (QED) is 0.585. The Balaban J connectivity index is 1.80. The van der Waals surface area contributed by atoms with Crippen molar-refractivity contribution in [1.29, 1.82) is 0 Å². The van der Waals surface area contributed by atoms with Gasteiger partial charge in [0, 0.05) is 4.47 Å². The molecule has 4 heteroatoms. The van der Waals surface area contributed by atoms with E-state index in [9.17, 15) is 9.59 Å². The van der Waals surface area contributed by atoms with E-state index in [1.807, 2.05) is 24.3 Å². The number of nitrogens with zero attached hydrogens (tertiary/aromatic N) is 1. The highest BCUT2D eigenvalue weighted by molar-refractivity contribution is 9.10. The highest BCUT2D eigenvalue weighted by atomic mass is 79.9. The van der Waals surface area contributed by atoms with E-state index in [0.717, 1.165) is 17.3 Å². The van der Waals surface area contributed by atoms with Crippen LogP contribution >= 0.6 is 15.9 Å². The van der Waals surface area contributed by atoms with Gasteiger partial charge in [-0.2, -0.15) is 0 Å². The summed E-state index contributed by atoms with van der Waals surface area (Å²) in [5.41, 5.74) is 0.677. The van der Waals surface area contributed by atoms with E-state index in [0.29, 0.717) is 5.69 Å². The summed E-state index contributed by atoms with van der Waals surface area (Å²) in [6.07, 6.45) is 6.35. The first-order valence-electron chi connectivity index (χ1n) is 6.99. The molecule has 1 saturated carbocycles. The molecule has 5 rings (SSSR count). The molecular weight excluding hydrogens is 318 g/mol. The van der Waals surface area contributed by atoms with Crippen molar-refractivity contribution >= 4 is 33.4 Å². The molecule has 1 aromatic carbocycles. The van der Waals surface area contributed by atoms with E-state index in [1.165, 1.54) is 4.90 Å². The van der Waals surface area contributed by atoms with Crippen LogP contribution in [0.2, 0.25) is 0 Å². The van der Waals surface area contributed by atoms with Crippen LogP contribution in [-0.2, 0) is 9.59 Å². The lowest BCUT2D eigenvalue weighted by Crippen LogP contribution is -2.38. The molecule has 2 fully saturated rings. The number of para-hydroxylation sites is 1. The number of imide groups is 1. The Labute approximate surface area is 125 Å². The molecule has 2 amide bonds. The second-order valence-corrected chi connectivity index (χ2v) is 6.66. The molecular formula is C16H14BrNO2. The first-order valence-corrected chi connectivity index (χ1v) is 7.78. The number of hydrogen-bond acceptors (Lipinski definition) is 2. The van der Waals surface area contributed by atoms with Crippen LogP contribution in [-0.4, -0.2) is 11.8 Å². The number of rotatable bonds is 1. The van der Waals surface area contributed by atoms with Crippen molar-refractivity contribution in [2.45, 2.75) is 12.8 Å². The molecule has 20 heavy (non-hydrogen) atoms. The Morgan fingerprint density at radius 1 is 0.950 bits per heavy atom. The van der Waals surface area contributed by atoms with Crippen molar-refractivity contribution < 1.29 is 9.59 Å². The predicted molar refractivity (Wildman–Crippen MR) is 79.0 cm³/mol. The summed E-state index contributed by atoms with van der Waals surface area (Å²) in [4.78, 5) is 26.9. The number of amides is 2. The molecule has 102 valence electrons. The zero-order valence-electron chi connectivity index (χ0n) is 10.8. The van der Waals surface area contributed by atoms with E-state index >= 15 is 0 Å². The van der Waals surface area contributed by atoms with Crippen LogP contribution in [0.1, 0.15) is 12.8 Å². The maximum absolute atomic E-state index is 12.7. The topological polar surface area (TPSA) is 37.4 Å². The number of benzene rings is 1. The molecule has 1 saturated heterocycles. The normalized spacial score (nSPS) is 34.8. The fourth-order valence-electron chi connectivity index (χ4n) is 3.94. The highest BCUT2D eigenvalue weighted by Gasteiger charge is 2.57. The van der Waals surface area contributed by atoms with Crippen molar-refractivity contribution in [3.63, 3.8) is 0 Å². The van der Waals surface area contributed by atoms with E-state index in [-0.39, 0.29) is 35.5 Å². The van der Waals surface area contributed by atoms with Gasteiger partial charge in [0.05, 0.1) is 17.5 Å². The van der Waals surface area contributed by atoms with Gasteiger partial charge >= 0.3 is 0 Å². The molecule has 3 nitrogen and oxygen atoms in total. The first-order chi connectivity index (χ1) is 9.68. The van der Waals surface area contributed by atoms with Crippen molar-refractivity contribution in [3.8, 4) is 0 Å². The van der Waals surface area contributed by atoms with Crippen LogP contribution in [0.3, 0.4) is 0 Å². The predicted octanol–water partition coefficient (Wildman–Crippen LogP) is 3.15. The van der Waals surface area contributed by atoms with Gasteiger partial charge < -0.3 is 0 Å².